The van der Waals surface area contributed by atoms with Crippen LogP contribution >= 0.6 is 17.0 Å². The normalized spacial score (nSPS) is 9.50. The molecule has 0 radical (unpaired) electrons. The fourth-order valence-electron chi connectivity index (χ4n) is 2.18. The van der Waals surface area contributed by atoms with E-state index >= 15 is 0 Å². The maximum atomic E-state index is 13.8. The predicted molar refractivity (Wildman–Crippen MR) is 102 cm³/mol. The van der Waals surface area contributed by atoms with E-state index < -0.39 is 20.8 Å². The van der Waals surface area contributed by atoms with Gasteiger partial charge >= 0.3 is 37.9 Å². The van der Waals surface area contributed by atoms with Gasteiger partial charge in [0.15, 0.2) is 0 Å². The summed E-state index contributed by atoms with van der Waals surface area (Å²) in [5.41, 5.74) is 2.92. The minimum absolute atomic E-state index is 0.309. The molecule has 0 atom stereocenters. The molecule has 7 heteroatoms. The first kappa shape index (κ1) is 20.9. The fourth-order valence-corrected chi connectivity index (χ4v) is 2.18. The summed E-state index contributed by atoms with van der Waals surface area (Å²) in [6.07, 6.45) is 0. The average Bonchev–Trinajstić information content (AvgIpc) is 2.67. The first-order valence-electron chi connectivity index (χ1n) is 7.78. The Morgan fingerprint density at radius 3 is 1.54 bits per heavy atom. The van der Waals surface area contributed by atoms with E-state index in [1.54, 1.807) is 0 Å². The molecule has 0 amide bonds. The van der Waals surface area contributed by atoms with Gasteiger partial charge < -0.3 is 10.6 Å². The second-order valence-electron chi connectivity index (χ2n) is 5.14. The summed E-state index contributed by atoms with van der Waals surface area (Å²) in [4.78, 5) is 4.44. The first-order chi connectivity index (χ1) is 12.7. The molecule has 0 spiro atoms. The summed E-state index contributed by atoms with van der Waals surface area (Å²) in [6, 6.07) is 22.0. The maximum absolute atomic E-state index is 13.8. The Morgan fingerprint density at radius 1 is 0.769 bits per heavy atom. The third-order valence-electron chi connectivity index (χ3n) is 3.26. The molecule has 0 fully saturated rings. The number of aromatic nitrogens is 1. The van der Waals surface area contributed by atoms with Crippen molar-refractivity contribution in [3.05, 3.63) is 101 Å². The van der Waals surface area contributed by atoms with Crippen molar-refractivity contribution in [2.75, 3.05) is 0 Å². The molecule has 0 aliphatic rings. The van der Waals surface area contributed by atoms with Crippen molar-refractivity contribution in [3.8, 4) is 0 Å². The van der Waals surface area contributed by atoms with Crippen molar-refractivity contribution in [3.63, 3.8) is 0 Å². The third-order valence-corrected chi connectivity index (χ3v) is 3.26. The number of halogens is 3. The van der Waals surface area contributed by atoms with E-state index in [9.17, 15) is 4.39 Å². The van der Waals surface area contributed by atoms with Gasteiger partial charge in [-0.05, 0) is 12.1 Å². The van der Waals surface area contributed by atoms with Gasteiger partial charge in [-0.2, -0.15) is 0 Å². The molecule has 2 aromatic carbocycles. The molecule has 0 saturated carbocycles. The standard InChI is InChI=1S/C19H16FN3.2ClH.Zr/c20-15-11-18(13-21-16-7-3-1-4-8-16)23-19(12-15)14-22-17-9-5-2-6-10-17;;;/h1-12H,13-14H2;2*1H;/q-2;;;+4/p-2. The Balaban J connectivity index is 0.000000758. The van der Waals surface area contributed by atoms with Crippen molar-refractivity contribution >= 4 is 28.4 Å². The number of hydrogen-bond acceptors (Lipinski definition) is 1. The molecule has 1 aromatic heterocycles. The molecule has 3 rings (SSSR count). The number of benzene rings is 2. The van der Waals surface area contributed by atoms with Crippen LogP contribution in [-0.4, -0.2) is 4.98 Å². The van der Waals surface area contributed by atoms with Gasteiger partial charge in [-0.15, -0.1) is 11.4 Å². The van der Waals surface area contributed by atoms with Crippen molar-refractivity contribution < 1.29 is 25.2 Å². The zero-order chi connectivity index (χ0) is 18.6. The Hall–Kier alpha value is -1.42. The number of para-hydroxylation sites is 2. The van der Waals surface area contributed by atoms with Gasteiger partial charge in [-0.3, -0.25) is 4.98 Å². The van der Waals surface area contributed by atoms with Crippen LogP contribution in [0.1, 0.15) is 11.4 Å². The fraction of sp³-hybridized carbons (Fsp3) is 0.105. The first-order valence-corrected chi connectivity index (χ1v) is 14.1. The van der Waals surface area contributed by atoms with Gasteiger partial charge in [0.25, 0.3) is 0 Å². The van der Waals surface area contributed by atoms with Crippen LogP contribution in [0.5, 0.6) is 0 Å². The van der Waals surface area contributed by atoms with Gasteiger partial charge in [-0.25, -0.2) is 4.39 Å². The molecule has 0 N–H and O–H groups in total. The third kappa shape index (κ3) is 7.86. The second-order valence-corrected chi connectivity index (χ2v) is 8.87. The van der Waals surface area contributed by atoms with E-state index in [4.69, 9.17) is 17.0 Å². The average molecular weight is 467 g/mol. The van der Waals surface area contributed by atoms with E-state index in [0.29, 0.717) is 24.5 Å². The molecule has 0 aliphatic carbocycles. The molecule has 3 nitrogen and oxygen atoms in total. The number of hydrogen-bond donors (Lipinski definition) is 0. The number of rotatable bonds is 6. The van der Waals surface area contributed by atoms with Crippen LogP contribution in [0.15, 0.2) is 72.8 Å². The molecule has 0 aliphatic heterocycles. The van der Waals surface area contributed by atoms with Gasteiger partial charge in [0.2, 0.25) is 0 Å². The molecule has 0 bridgehead atoms. The molecule has 132 valence electrons. The summed E-state index contributed by atoms with van der Waals surface area (Å²) in [6.45, 7) is 0.695. The Kier molecular flexibility index (Phi) is 9.69. The van der Waals surface area contributed by atoms with E-state index in [1.807, 2.05) is 60.7 Å². The van der Waals surface area contributed by atoms with E-state index in [-0.39, 0.29) is 5.82 Å². The van der Waals surface area contributed by atoms with Crippen molar-refractivity contribution in [2.24, 2.45) is 0 Å². The topological polar surface area (TPSA) is 41.1 Å². The Labute approximate surface area is 171 Å². The van der Waals surface area contributed by atoms with Crippen LogP contribution in [0, 0.1) is 5.82 Å². The van der Waals surface area contributed by atoms with Crippen LogP contribution < -0.4 is 0 Å². The summed E-state index contributed by atoms with van der Waals surface area (Å²) in [7, 11) is 9.87. The molecular formula is C19H16Cl2FN3Zr. The monoisotopic (exact) mass is 465 g/mol. The van der Waals surface area contributed by atoms with E-state index in [2.05, 4.69) is 15.6 Å². The molecule has 3 aromatic rings. The molecule has 0 unspecified atom stereocenters. The molecule has 0 saturated heterocycles. The minimum atomic E-state index is -0.826. The van der Waals surface area contributed by atoms with Gasteiger partial charge in [-0.1, -0.05) is 73.8 Å². The van der Waals surface area contributed by atoms with E-state index in [1.165, 1.54) is 12.1 Å². The zero-order valence-corrected chi connectivity index (χ0v) is 17.8. The van der Waals surface area contributed by atoms with Crippen LogP contribution in [0.25, 0.3) is 10.6 Å². The predicted octanol–water partition coefficient (Wildman–Crippen LogP) is 7.01. The van der Waals surface area contributed by atoms with Gasteiger partial charge in [0, 0.05) is 11.4 Å². The van der Waals surface area contributed by atoms with Crippen LogP contribution in [0.4, 0.5) is 15.8 Å². The molecule has 26 heavy (non-hydrogen) atoms. The van der Waals surface area contributed by atoms with Crippen LogP contribution in [-0.2, 0) is 33.9 Å². The van der Waals surface area contributed by atoms with Crippen molar-refractivity contribution in [1.82, 2.24) is 4.98 Å². The van der Waals surface area contributed by atoms with Gasteiger partial charge in [0.1, 0.15) is 5.82 Å². The Bertz CT molecular complexity index is 715. The number of pyridine rings is 1. The quantitative estimate of drug-likeness (QED) is 0.385. The van der Waals surface area contributed by atoms with E-state index in [0.717, 1.165) is 11.4 Å². The summed E-state index contributed by atoms with van der Waals surface area (Å²) >= 11 is -0.826. The summed E-state index contributed by atoms with van der Waals surface area (Å²) < 4.78 is 13.8. The summed E-state index contributed by atoms with van der Waals surface area (Å²) in [5.74, 6) is -0.309. The van der Waals surface area contributed by atoms with Crippen LogP contribution in [0.2, 0.25) is 0 Å². The Morgan fingerprint density at radius 2 is 1.15 bits per heavy atom. The van der Waals surface area contributed by atoms with Crippen LogP contribution in [0.3, 0.4) is 0 Å². The summed E-state index contributed by atoms with van der Waals surface area (Å²) in [5, 5.41) is 8.83. The molecular weight excluding hydrogens is 451 g/mol. The second kappa shape index (κ2) is 12.1. The number of nitrogens with zero attached hydrogens (tertiary/aromatic N) is 3. The molecule has 1 heterocycles. The van der Waals surface area contributed by atoms with Gasteiger partial charge in [0.05, 0.1) is 0 Å². The zero-order valence-electron chi connectivity index (χ0n) is 13.8. The van der Waals surface area contributed by atoms with Crippen molar-refractivity contribution in [1.29, 1.82) is 0 Å². The SMILES string of the molecule is Fc1cc(C[N-]c2ccccc2)nc(C[N-]c2ccccc2)c1.[Cl][Zr+2][Cl]. The van der Waals surface area contributed by atoms with Crippen molar-refractivity contribution in [2.45, 2.75) is 13.1 Å².